The van der Waals surface area contributed by atoms with Gasteiger partial charge < -0.3 is 15.0 Å². The smallest absolute Gasteiger partial charge is 0.244 e. The zero-order valence-electron chi connectivity index (χ0n) is 21.6. The van der Waals surface area contributed by atoms with Gasteiger partial charge in [-0.25, -0.2) is 8.42 Å². The molecule has 0 unspecified atom stereocenters. The van der Waals surface area contributed by atoms with Gasteiger partial charge in [0.1, 0.15) is 24.1 Å². The third kappa shape index (κ3) is 7.72. The SMILES string of the molecule is CCNC(=O)[C@@H](CC)N(Cc1ccccc1Cl)C(=O)CN(c1ccc(Oc2ccccc2)cc1)S(C)(=O)=O. The Labute approximate surface area is 229 Å². The van der Waals surface area contributed by atoms with Gasteiger partial charge in [-0.05, 0) is 61.4 Å². The van der Waals surface area contributed by atoms with Crippen LogP contribution in [0.5, 0.6) is 11.5 Å². The van der Waals surface area contributed by atoms with Gasteiger partial charge in [0.2, 0.25) is 21.8 Å². The summed E-state index contributed by atoms with van der Waals surface area (Å²) in [5.41, 5.74) is 0.948. The standard InChI is InChI=1S/C28H32ClN3O5S/c1-4-26(28(34)30-5-2)31(19-21-11-9-10-14-25(21)29)27(33)20-32(38(3,35)36)22-15-17-24(18-16-22)37-23-12-7-6-8-13-23/h6-18,26H,4-5,19-20H2,1-3H3,(H,30,34)/t26-/m1/s1. The summed E-state index contributed by atoms with van der Waals surface area (Å²) < 4.78 is 32.4. The summed E-state index contributed by atoms with van der Waals surface area (Å²) in [5.74, 6) is 0.311. The molecule has 38 heavy (non-hydrogen) atoms. The number of carbonyl (C=O) groups is 2. The second-order valence-electron chi connectivity index (χ2n) is 8.61. The predicted molar refractivity (Wildman–Crippen MR) is 150 cm³/mol. The molecular formula is C28H32ClN3O5S. The Morgan fingerprint density at radius 3 is 2.11 bits per heavy atom. The van der Waals surface area contributed by atoms with Crippen molar-refractivity contribution in [1.82, 2.24) is 10.2 Å². The van der Waals surface area contributed by atoms with Gasteiger partial charge in [-0.1, -0.05) is 54.9 Å². The molecule has 0 bridgehead atoms. The first kappa shape index (κ1) is 29.0. The summed E-state index contributed by atoms with van der Waals surface area (Å²) in [5, 5.41) is 3.21. The van der Waals surface area contributed by atoms with E-state index >= 15 is 0 Å². The quantitative estimate of drug-likeness (QED) is 0.344. The number of hydrogen-bond acceptors (Lipinski definition) is 5. The molecule has 0 aliphatic heterocycles. The summed E-state index contributed by atoms with van der Waals surface area (Å²) in [6.07, 6.45) is 1.38. The number of para-hydroxylation sites is 1. The molecule has 202 valence electrons. The monoisotopic (exact) mass is 557 g/mol. The first-order valence-corrected chi connectivity index (χ1v) is 14.5. The van der Waals surface area contributed by atoms with Crippen LogP contribution in [0.3, 0.4) is 0 Å². The van der Waals surface area contributed by atoms with Crippen molar-refractivity contribution >= 4 is 39.1 Å². The summed E-state index contributed by atoms with van der Waals surface area (Å²) >= 11 is 6.35. The van der Waals surface area contributed by atoms with Crippen molar-refractivity contribution in [3.63, 3.8) is 0 Å². The van der Waals surface area contributed by atoms with Crippen LogP contribution in [0.2, 0.25) is 5.02 Å². The maximum Gasteiger partial charge on any atom is 0.244 e. The molecule has 0 saturated carbocycles. The number of benzene rings is 3. The van der Waals surface area contributed by atoms with Crippen molar-refractivity contribution in [3.8, 4) is 11.5 Å². The van der Waals surface area contributed by atoms with Crippen LogP contribution >= 0.6 is 11.6 Å². The fourth-order valence-electron chi connectivity index (χ4n) is 3.94. The van der Waals surface area contributed by atoms with E-state index < -0.39 is 28.5 Å². The minimum Gasteiger partial charge on any atom is -0.457 e. The van der Waals surface area contributed by atoms with Crippen LogP contribution < -0.4 is 14.4 Å². The van der Waals surface area contributed by atoms with Gasteiger partial charge in [0.15, 0.2) is 0 Å². The highest BCUT2D eigenvalue weighted by atomic mass is 35.5. The third-order valence-electron chi connectivity index (χ3n) is 5.82. The van der Waals surface area contributed by atoms with Gasteiger partial charge in [0.25, 0.3) is 0 Å². The maximum absolute atomic E-state index is 13.7. The Morgan fingerprint density at radius 2 is 1.53 bits per heavy atom. The lowest BCUT2D eigenvalue weighted by molar-refractivity contribution is -0.140. The lowest BCUT2D eigenvalue weighted by Crippen LogP contribution is -2.52. The van der Waals surface area contributed by atoms with Crippen molar-refractivity contribution in [2.24, 2.45) is 0 Å². The molecule has 0 spiro atoms. The molecule has 0 aliphatic carbocycles. The van der Waals surface area contributed by atoms with Crippen LogP contribution in [0.25, 0.3) is 0 Å². The van der Waals surface area contributed by atoms with Gasteiger partial charge in [0.05, 0.1) is 11.9 Å². The summed E-state index contributed by atoms with van der Waals surface area (Å²) in [6.45, 7) is 3.55. The van der Waals surface area contributed by atoms with Crippen molar-refractivity contribution in [2.75, 3.05) is 23.7 Å². The fourth-order valence-corrected chi connectivity index (χ4v) is 4.99. The number of ether oxygens (including phenoxy) is 1. The lowest BCUT2D eigenvalue weighted by Gasteiger charge is -2.33. The first-order valence-electron chi connectivity index (χ1n) is 12.2. The van der Waals surface area contributed by atoms with Gasteiger partial charge in [-0.3, -0.25) is 13.9 Å². The number of nitrogens with zero attached hydrogens (tertiary/aromatic N) is 2. The zero-order valence-corrected chi connectivity index (χ0v) is 23.2. The molecule has 0 heterocycles. The Hall–Kier alpha value is -3.56. The molecular weight excluding hydrogens is 526 g/mol. The number of rotatable bonds is 12. The third-order valence-corrected chi connectivity index (χ3v) is 7.33. The molecule has 0 aliphatic rings. The van der Waals surface area contributed by atoms with E-state index in [-0.39, 0.29) is 12.5 Å². The van der Waals surface area contributed by atoms with E-state index in [2.05, 4.69) is 5.32 Å². The highest BCUT2D eigenvalue weighted by Crippen LogP contribution is 2.26. The normalized spacial score (nSPS) is 11.9. The van der Waals surface area contributed by atoms with Gasteiger partial charge in [0, 0.05) is 18.1 Å². The molecule has 0 fully saturated rings. The van der Waals surface area contributed by atoms with Crippen molar-refractivity contribution in [3.05, 3.63) is 89.4 Å². The number of amides is 2. The second-order valence-corrected chi connectivity index (χ2v) is 10.9. The number of nitrogens with one attached hydrogen (secondary N) is 1. The van der Waals surface area contributed by atoms with Crippen LogP contribution in [0.1, 0.15) is 25.8 Å². The highest BCUT2D eigenvalue weighted by molar-refractivity contribution is 7.92. The zero-order chi connectivity index (χ0) is 27.7. The van der Waals surface area contributed by atoms with E-state index in [0.29, 0.717) is 40.7 Å². The molecule has 3 rings (SSSR count). The van der Waals surface area contributed by atoms with E-state index in [1.807, 2.05) is 30.3 Å². The van der Waals surface area contributed by atoms with Crippen LogP contribution in [0.15, 0.2) is 78.9 Å². The van der Waals surface area contributed by atoms with Crippen molar-refractivity contribution < 1.29 is 22.7 Å². The van der Waals surface area contributed by atoms with E-state index in [1.165, 1.54) is 4.90 Å². The largest absolute Gasteiger partial charge is 0.457 e. The first-order chi connectivity index (χ1) is 18.1. The number of likely N-dealkylation sites (N-methyl/N-ethyl adjacent to an activating group) is 1. The molecule has 0 saturated heterocycles. The van der Waals surface area contributed by atoms with Crippen LogP contribution in [0.4, 0.5) is 5.69 Å². The molecule has 1 atom stereocenters. The van der Waals surface area contributed by atoms with Crippen LogP contribution in [0, 0.1) is 0 Å². The van der Waals surface area contributed by atoms with Crippen LogP contribution in [-0.4, -0.2) is 50.5 Å². The van der Waals surface area contributed by atoms with E-state index in [1.54, 1.807) is 62.4 Å². The minimum atomic E-state index is -3.84. The lowest BCUT2D eigenvalue weighted by atomic mass is 10.1. The maximum atomic E-state index is 13.7. The van der Waals surface area contributed by atoms with Gasteiger partial charge in [-0.2, -0.15) is 0 Å². The van der Waals surface area contributed by atoms with Gasteiger partial charge in [-0.15, -0.1) is 0 Å². The fraction of sp³-hybridized carbons (Fsp3) is 0.286. The number of sulfonamides is 1. The summed E-state index contributed by atoms with van der Waals surface area (Å²) in [4.78, 5) is 27.9. The molecule has 3 aromatic carbocycles. The average Bonchev–Trinajstić information content (AvgIpc) is 2.89. The van der Waals surface area contributed by atoms with E-state index in [9.17, 15) is 18.0 Å². The van der Waals surface area contributed by atoms with Crippen molar-refractivity contribution in [1.29, 1.82) is 0 Å². The molecule has 2 amide bonds. The molecule has 1 N–H and O–H groups in total. The molecule has 0 radical (unpaired) electrons. The topological polar surface area (TPSA) is 96.0 Å². The van der Waals surface area contributed by atoms with Crippen molar-refractivity contribution in [2.45, 2.75) is 32.9 Å². The van der Waals surface area contributed by atoms with Crippen LogP contribution in [-0.2, 0) is 26.2 Å². The molecule has 10 heteroatoms. The number of halogens is 1. The minimum absolute atomic E-state index is 0.0512. The molecule has 0 aromatic heterocycles. The Balaban J connectivity index is 1.89. The predicted octanol–water partition coefficient (Wildman–Crippen LogP) is 4.84. The Bertz CT molecular complexity index is 1330. The Kier molecular flexibility index (Phi) is 10.2. The van der Waals surface area contributed by atoms with E-state index in [0.717, 1.165) is 10.6 Å². The highest BCUT2D eigenvalue weighted by Gasteiger charge is 2.31. The number of anilines is 1. The average molecular weight is 558 g/mol. The second kappa shape index (κ2) is 13.3. The molecule has 3 aromatic rings. The summed E-state index contributed by atoms with van der Waals surface area (Å²) in [7, 11) is -3.84. The number of carbonyl (C=O) groups excluding carboxylic acids is 2. The summed E-state index contributed by atoms with van der Waals surface area (Å²) in [6, 6.07) is 21.8. The van der Waals surface area contributed by atoms with E-state index in [4.69, 9.17) is 16.3 Å². The molecule has 8 nitrogen and oxygen atoms in total. The van der Waals surface area contributed by atoms with Gasteiger partial charge >= 0.3 is 0 Å². The number of hydrogen-bond donors (Lipinski definition) is 1. The Morgan fingerprint density at radius 1 is 0.921 bits per heavy atom.